The van der Waals surface area contributed by atoms with Crippen LogP contribution < -0.4 is 11.4 Å². The second-order valence-electron chi connectivity index (χ2n) is 4.48. The van der Waals surface area contributed by atoms with E-state index in [0.717, 1.165) is 4.57 Å². The highest BCUT2D eigenvalue weighted by Gasteiger charge is 2.45. The lowest BCUT2D eigenvalue weighted by molar-refractivity contribution is -0.0959. The maximum Gasteiger partial charge on any atom is 0.351 e. The molecule has 0 aliphatic carbocycles. The minimum absolute atomic E-state index is 0.0754. The van der Waals surface area contributed by atoms with Gasteiger partial charge in [0.1, 0.15) is 24.1 Å². The van der Waals surface area contributed by atoms with Crippen LogP contribution in [0.5, 0.6) is 0 Å². The van der Waals surface area contributed by atoms with Crippen molar-refractivity contribution in [2.24, 2.45) is 0 Å². The van der Waals surface area contributed by atoms with E-state index in [9.17, 15) is 14.3 Å². The molecule has 1 fully saturated rings. The number of hydrogen-bond donors (Lipinski definition) is 3. The van der Waals surface area contributed by atoms with Crippen LogP contribution in [0.1, 0.15) is 11.8 Å². The summed E-state index contributed by atoms with van der Waals surface area (Å²) in [6, 6.07) is 0. The molecule has 4 N–H and O–H groups in total. The van der Waals surface area contributed by atoms with Crippen molar-refractivity contribution in [2.75, 3.05) is 19.2 Å². The lowest BCUT2D eigenvalue weighted by atomic mass is 10.1. The Labute approximate surface area is 113 Å². The van der Waals surface area contributed by atoms with E-state index in [-0.39, 0.29) is 5.82 Å². The number of aryl methyl sites for hydroxylation is 1. The van der Waals surface area contributed by atoms with Gasteiger partial charge in [0.15, 0.2) is 13.1 Å². The number of nitrogens with zero attached hydrogens (tertiary/aromatic N) is 2. The van der Waals surface area contributed by atoms with Crippen molar-refractivity contribution in [3.05, 3.63) is 22.2 Å². The molecule has 1 saturated heterocycles. The lowest BCUT2D eigenvalue weighted by Crippen LogP contribution is -2.38. The fourth-order valence-electron chi connectivity index (χ4n) is 2.11. The Morgan fingerprint density at radius 2 is 2.35 bits per heavy atom. The summed E-state index contributed by atoms with van der Waals surface area (Å²) in [4.78, 5) is 15.4. The number of ether oxygens (including phenoxy) is 2. The standard InChI is InChI=1S/C11H16FN3O5/c1-5-2-15(11(18)14-9(5)13)10-8(19-4-12)7(17)6(3-16)20-10/h2,6-8,10,16-17H,3-4H2,1H3,(H2,13,14,18)/t6-,7?,8?,10-/m1/s1. The predicted molar refractivity (Wildman–Crippen MR) is 65.5 cm³/mol. The lowest BCUT2D eigenvalue weighted by Gasteiger charge is -2.21. The summed E-state index contributed by atoms with van der Waals surface area (Å²) in [5.41, 5.74) is 5.33. The Morgan fingerprint density at radius 3 is 2.95 bits per heavy atom. The first kappa shape index (κ1) is 14.9. The van der Waals surface area contributed by atoms with Gasteiger partial charge in [-0.15, -0.1) is 0 Å². The third kappa shape index (κ3) is 2.52. The molecule has 4 atom stereocenters. The van der Waals surface area contributed by atoms with Gasteiger partial charge in [0.05, 0.1) is 6.61 Å². The molecule has 2 heterocycles. The molecule has 0 bridgehead atoms. The summed E-state index contributed by atoms with van der Waals surface area (Å²) < 4.78 is 23.6. The van der Waals surface area contributed by atoms with Crippen LogP contribution in [0.25, 0.3) is 0 Å². The number of halogens is 1. The molecule has 20 heavy (non-hydrogen) atoms. The van der Waals surface area contributed by atoms with Crippen LogP contribution in [0.2, 0.25) is 0 Å². The zero-order valence-corrected chi connectivity index (χ0v) is 10.8. The first-order chi connectivity index (χ1) is 9.49. The molecule has 1 aromatic heterocycles. The molecule has 2 rings (SSSR count). The van der Waals surface area contributed by atoms with Crippen molar-refractivity contribution in [2.45, 2.75) is 31.5 Å². The molecule has 112 valence electrons. The van der Waals surface area contributed by atoms with E-state index in [0.29, 0.717) is 5.56 Å². The van der Waals surface area contributed by atoms with Gasteiger partial charge in [-0.1, -0.05) is 0 Å². The average molecular weight is 289 g/mol. The molecule has 9 heteroatoms. The van der Waals surface area contributed by atoms with Crippen molar-refractivity contribution in [3.8, 4) is 0 Å². The molecule has 8 nitrogen and oxygen atoms in total. The number of aromatic nitrogens is 2. The maximum absolute atomic E-state index is 12.4. The van der Waals surface area contributed by atoms with Gasteiger partial charge in [-0.3, -0.25) is 4.57 Å². The Hall–Kier alpha value is -1.55. The van der Waals surface area contributed by atoms with Crippen molar-refractivity contribution in [1.29, 1.82) is 0 Å². The van der Waals surface area contributed by atoms with Crippen LogP contribution in [-0.4, -0.2) is 51.5 Å². The zero-order chi connectivity index (χ0) is 14.9. The summed E-state index contributed by atoms with van der Waals surface area (Å²) in [6.45, 7) is -0.00594. The minimum atomic E-state index is -1.26. The highest BCUT2D eigenvalue weighted by atomic mass is 19.1. The summed E-state index contributed by atoms with van der Waals surface area (Å²) in [5, 5.41) is 19.0. The van der Waals surface area contributed by atoms with E-state index in [1.165, 1.54) is 6.20 Å². The highest BCUT2D eigenvalue weighted by Crippen LogP contribution is 2.31. The van der Waals surface area contributed by atoms with Gasteiger partial charge in [0.2, 0.25) is 0 Å². The van der Waals surface area contributed by atoms with Gasteiger partial charge >= 0.3 is 5.69 Å². The first-order valence-electron chi connectivity index (χ1n) is 5.96. The molecule has 1 aliphatic rings. The van der Waals surface area contributed by atoms with Gasteiger partial charge in [-0.25, -0.2) is 9.18 Å². The zero-order valence-electron chi connectivity index (χ0n) is 10.8. The summed E-state index contributed by atoms with van der Waals surface area (Å²) in [7, 11) is 0. The predicted octanol–water partition coefficient (Wildman–Crippen LogP) is -1.30. The molecule has 1 aromatic rings. The van der Waals surface area contributed by atoms with Crippen molar-refractivity contribution in [3.63, 3.8) is 0 Å². The number of nitrogens with two attached hydrogens (primary N) is 1. The van der Waals surface area contributed by atoms with Gasteiger partial charge in [0.25, 0.3) is 0 Å². The number of nitrogen functional groups attached to an aromatic ring is 1. The van der Waals surface area contributed by atoms with E-state index in [2.05, 4.69) is 4.98 Å². The van der Waals surface area contributed by atoms with Crippen molar-refractivity contribution < 1.29 is 24.1 Å². The second kappa shape index (κ2) is 5.83. The maximum atomic E-state index is 12.4. The molecule has 0 saturated carbocycles. The third-order valence-corrected chi connectivity index (χ3v) is 3.20. The molecule has 0 spiro atoms. The van der Waals surface area contributed by atoms with Crippen molar-refractivity contribution >= 4 is 5.82 Å². The molecule has 0 amide bonds. The molecule has 0 aromatic carbocycles. The Balaban J connectivity index is 2.39. The van der Waals surface area contributed by atoms with Crippen LogP contribution in [0.15, 0.2) is 11.0 Å². The quantitative estimate of drug-likeness (QED) is 0.630. The molecular weight excluding hydrogens is 273 g/mol. The number of alkyl halides is 1. The summed E-state index contributed by atoms with van der Waals surface area (Å²) in [5.74, 6) is 0.0754. The second-order valence-corrected chi connectivity index (χ2v) is 4.48. The fraction of sp³-hybridized carbons (Fsp3) is 0.636. The van der Waals surface area contributed by atoms with Crippen LogP contribution in [0.3, 0.4) is 0 Å². The Kier molecular flexibility index (Phi) is 4.33. The number of aliphatic hydroxyl groups is 2. The van der Waals surface area contributed by atoms with E-state index < -0.39 is 43.7 Å². The molecular formula is C11H16FN3O5. The van der Waals surface area contributed by atoms with Gasteiger partial charge in [-0.2, -0.15) is 4.98 Å². The topological polar surface area (TPSA) is 120 Å². The number of anilines is 1. The fourth-order valence-corrected chi connectivity index (χ4v) is 2.11. The minimum Gasteiger partial charge on any atom is -0.394 e. The normalized spacial score (nSPS) is 29.8. The Bertz CT molecular complexity index is 537. The van der Waals surface area contributed by atoms with Crippen LogP contribution >= 0.6 is 0 Å². The van der Waals surface area contributed by atoms with E-state index in [1.54, 1.807) is 6.92 Å². The summed E-state index contributed by atoms with van der Waals surface area (Å²) in [6.07, 6.45) is -3.06. The first-order valence-corrected chi connectivity index (χ1v) is 5.96. The van der Waals surface area contributed by atoms with Gasteiger partial charge in [0, 0.05) is 11.8 Å². The van der Waals surface area contributed by atoms with E-state index >= 15 is 0 Å². The largest absolute Gasteiger partial charge is 0.394 e. The number of aliphatic hydroxyl groups excluding tert-OH is 2. The molecule has 1 aliphatic heterocycles. The third-order valence-electron chi connectivity index (χ3n) is 3.20. The number of rotatable bonds is 4. The molecule has 2 unspecified atom stereocenters. The highest BCUT2D eigenvalue weighted by molar-refractivity contribution is 5.35. The smallest absolute Gasteiger partial charge is 0.351 e. The SMILES string of the molecule is Cc1cn([C@@H]2O[C@H](CO)C(O)C2OCF)c(=O)nc1N. The number of hydrogen-bond acceptors (Lipinski definition) is 7. The van der Waals surface area contributed by atoms with Gasteiger partial charge in [-0.05, 0) is 6.92 Å². The van der Waals surface area contributed by atoms with E-state index in [4.69, 9.17) is 20.3 Å². The summed E-state index contributed by atoms with van der Waals surface area (Å²) >= 11 is 0. The average Bonchev–Trinajstić information content (AvgIpc) is 2.72. The van der Waals surface area contributed by atoms with Crippen molar-refractivity contribution in [1.82, 2.24) is 9.55 Å². The van der Waals surface area contributed by atoms with Crippen LogP contribution in [0.4, 0.5) is 10.2 Å². The van der Waals surface area contributed by atoms with Crippen LogP contribution in [-0.2, 0) is 9.47 Å². The van der Waals surface area contributed by atoms with E-state index in [1.807, 2.05) is 0 Å². The van der Waals surface area contributed by atoms with Gasteiger partial charge < -0.3 is 25.4 Å². The van der Waals surface area contributed by atoms with Crippen LogP contribution in [0, 0.1) is 6.92 Å². The Morgan fingerprint density at radius 1 is 1.65 bits per heavy atom. The molecule has 0 radical (unpaired) electrons. The monoisotopic (exact) mass is 289 g/mol.